The van der Waals surface area contributed by atoms with Crippen molar-refractivity contribution in [1.82, 2.24) is 14.8 Å². The summed E-state index contributed by atoms with van der Waals surface area (Å²) in [6.45, 7) is 0. The minimum absolute atomic E-state index is 0.174. The quantitative estimate of drug-likeness (QED) is 0.324. The van der Waals surface area contributed by atoms with Crippen LogP contribution in [0, 0.1) is 0 Å². The third kappa shape index (κ3) is 4.33. The maximum atomic E-state index is 12.1. The topological polar surface area (TPSA) is 47.8 Å². The van der Waals surface area contributed by atoms with Crippen molar-refractivity contribution in [3.05, 3.63) is 71.0 Å². The maximum absolute atomic E-state index is 12.1. The van der Waals surface area contributed by atoms with Crippen LogP contribution < -0.4 is 0 Å². The van der Waals surface area contributed by atoms with Crippen molar-refractivity contribution in [3.63, 3.8) is 0 Å². The zero-order chi connectivity index (χ0) is 16.8. The number of carbonyl (C=O) groups is 1. The van der Waals surface area contributed by atoms with Gasteiger partial charge in [-0.2, -0.15) is 0 Å². The Morgan fingerprint density at radius 2 is 1.83 bits per heavy atom. The molecule has 4 nitrogen and oxygen atoms in total. The van der Waals surface area contributed by atoms with Gasteiger partial charge in [0.2, 0.25) is 0 Å². The van der Waals surface area contributed by atoms with E-state index in [1.807, 2.05) is 59.2 Å². The summed E-state index contributed by atoms with van der Waals surface area (Å²) >= 11 is 4.99. The van der Waals surface area contributed by atoms with Crippen molar-refractivity contribution in [2.45, 2.75) is 18.0 Å². The van der Waals surface area contributed by atoms with Crippen LogP contribution in [0.25, 0.3) is 5.69 Å². The van der Waals surface area contributed by atoms with E-state index in [0.717, 1.165) is 33.1 Å². The number of benzene rings is 2. The summed E-state index contributed by atoms with van der Waals surface area (Å²) in [5.41, 5.74) is 1.80. The minimum Gasteiger partial charge on any atom is -0.294 e. The first-order chi connectivity index (χ1) is 11.7. The number of ketones is 1. The number of hydrogen-bond acceptors (Lipinski definition) is 4. The Morgan fingerprint density at radius 3 is 2.58 bits per heavy atom. The fourth-order valence-corrected chi connectivity index (χ4v) is 3.40. The lowest BCUT2D eigenvalue weighted by Crippen LogP contribution is -2.00. The third-order valence-electron chi connectivity index (χ3n) is 3.50. The molecular formula is C18H16BrN3OS. The van der Waals surface area contributed by atoms with E-state index in [1.165, 1.54) is 0 Å². The Morgan fingerprint density at radius 1 is 1.08 bits per heavy atom. The number of nitrogens with zero attached hydrogens (tertiary/aromatic N) is 3. The SMILES string of the molecule is O=C(CCCSc1nncn1-c1ccccc1)c1ccc(Br)cc1. The number of hydrogen-bond donors (Lipinski definition) is 0. The van der Waals surface area contributed by atoms with Gasteiger partial charge in [0.25, 0.3) is 0 Å². The molecule has 0 aliphatic rings. The summed E-state index contributed by atoms with van der Waals surface area (Å²) in [6, 6.07) is 17.5. The van der Waals surface area contributed by atoms with Crippen molar-refractivity contribution in [2.24, 2.45) is 0 Å². The molecule has 0 unspecified atom stereocenters. The Kier molecular flexibility index (Phi) is 5.82. The predicted octanol–water partition coefficient (Wildman–Crippen LogP) is 4.79. The van der Waals surface area contributed by atoms with E-state index in [2.05, 4.69) is 26.1 Å². The molecule has 6 heteroatoms. The molecule has 1 aromatic heterocycles. The summed E-state index contributed by atoms with van der Waals surface area (Å²) in [5, 5.41) is 9.00. The first-order valence-corrected chi connectivity index (χ1v) is 9.39. The average molecular weight is 402 g/mol. The zero-order valence-corrected chi connectivity index (χ0v) is 15.3. The zero-order valence-electron chi connectivity index (χ0n) is 12.9. The van der Waals surface area contributed by atoms with E-state index in [9.17, 15) is 4.79 Å². The van der Waals surface area contributed by atoms with Gasteiger partial charge in [0.15, 0.2) is 10.9 Å². The lowest BCUT2D eigenvalue weighted by molar-refractivity contribution is 0.0982. The fourth-order valence-electron chi connectivity index (χ4n) is 2.26. The molecule has 0 amide bonds. The number of rotatable bonds is 7. The van der Waals surface area contributed by atoms with E-state index < -0.39 is 0 Å². The number of halogens is 1. The van der Waals surface area contributed by atoms with Crippen LogP contribution in [0.2, 0.25) is 0 Å². The Bertz CT molecular complexity index is 803. The highest BCUT2D eigenvalue weighted by molar-refractivity contribution is 9.10. The van der Waals surface area contributed by atoms with Gasteiger partial charge < -0.3 is 0 Å². The third-order valence-corrected chi connectivity index (χ3v) is 5.05. The van der Waals surface area contributed by atoms with Crippen LogP contribution in [0.5, 0.6) is 0 Å². The van der Waals surface area contributed by atoms with Gasteiger partial charge >= 0.3 is 0 Å². The van der Waals surface area contributed by atoms with Gasteiger partial charge in [-0.15, -0.1) is 10.2 Å². The molecule has 3 rings (SSSR count). The van der Waals surface area contributed by atoms with Crippen molar-refractivity contribution in [3.8, 4) is 5.69 Å². The van der Waals surface area contributed by atoms with Gasteiger partial charge in [-0.25, -0.2) is 0 Å². The van der Waals surface area contributed by atoms with Crippen LogP contribution in [0.15, 0.2) is 70.6 Å². The number of aromatic nitrogens is 3. The largest absolute Gasteiger partial charge is 0.294 e. The molecule has 2 aromatic carbocycles. The second-order valence-corrected chi connectivity index (χ2v) is 7.18. The molecule has 24 heavy (non-hydrogen) atoms. The predicted molar refractivity (Wildman–Crippen MR) is 99.8 cm³/mol. The summed E-state index contributed by atoms with van der Waals surface area (Å²) in [6.07, 6.45) is 3.06. The molecule has 0 radical (unpaired) electrons. The molecule has 0 bridgehead atoms. The van der Waals surface area contributed by atoms with Crippen LogP contribution in [-0.4, -0.2) is 26.3 Å². The van der Waals surface area contributed by atoms with E-state index in [0.29, 0.717) is 6.42 Å². The normalized spacial score (nSPS) is 10.7. The van der Waals surface area contributed by atoms with Gasteiger partial charge in [-0.1, -0.05) is 58.0 Å². The number of carbonyl (C=O) groups excluding carboxylic acids is 1. The van der Waals surface area contributed by atoms with E-state index in [4.69, 9.17) is 0 Å². The maximum Gasteiger partial charge on any atom is 0.195 e. The van der Waals surface area contributed by atoms with Gasteiger partial charge in [-0.05, 0) is 30.7 Å². The lowest BCUT2D eigenvalue weighted by Gasteiger charge is -2.06. The molecule has 0 spiro atoms. The fraction of sp³-hybridized carbons (Fsp3) is 0.167. The molecule has 0 atom stereocenters. The van der Waals surface area contributed by atoms with Crippen molar-refractivity contribution < 1.29 is 4.79 Å². The molecule has 0 N–H and O–H groups in total. The molecule has 1 heterocycles. The van der Waals surface area contributed by atoms with Crippen LogP contribution in [-0.2, 0) is 0 Å². The Balaban J connectivity index is 1.52. The summed E-state index contributed by atoms with van der Waals surface area (Å²) in [4.78, 5) is 12.1. The van der Waals surface area contributed by atoms with E-state index in [-0.39, 0.29) is 5.78 Å². The molecule has 0 saturated heterocycles. The van der Waals surface area contributed by atoms with Gasteiger partial charge in [0, 0.05) is 27.9 Å². The molecule has 3 aromatic rings. The van der Waals surface area contributed by atoms with Crippen LogP contribution in [0.3, 0.4) is 0 Å². The highest BCUT2D eigenvalue weighted by Gasteiger charge is 2.09. The van der Waals surface area contributed by atoms with Gasteiger partial charge in [-0.3, -0.25) is 9.36 Å². The van der Waals surface area contributed by atoms with Crippen molar-refractivity contribution >= 4 is 33.5 Å². The van der Waals surface area contributed by atoms with Crippen LogP contribution in [0.1, 0.15) is 23.2 Å². The molecule has 0 saturated carbocycles. The highest BCUT2D eigenvalue weighted by Crippen LogP contribution is 2.21. The first-order valence-electron chi connectivity index (χ1n) is 7.61. The minimum atomic E-state index is 0.174. The van der Waals surface area contributed by atoms with Crippen LogP contribution >= 0.6 is 27.7 Å². The summed E-state index contributed by atoms with van der Waals surface area (Å²) in [5.74, 6) is 1.00. The van der Waals surface area contributed by atoms with Crippen molar-refractivity contribution in [1.29, 1.82) is 0 Å². The van der Waals surface area contributed by atoms with E-state index >= 15 is 0 Å². The monoisotopic (exact) mass is 401 g/mol. The first kappa shape index (κ1) is 16.9. The molecule has 0 fully saturated rings. The van der Waals surface area contributed by atoms with Crippen LogP contribution in [0.4, 0.5) is 0 Å². The Hall–Kier alpha value is -1.92. The second-order valence-electron chi connectivity index (χ2n) is 5.20. The van der Waals surface area contributed by atoms with Gasteiger partial charge in [0.1, 0.15) is 6.33 Å². The second kappa shape index (κ2) is 8.26. The highest BCUT2D eigenvalue weighted by atomic mass is 79.9. The summed E-state index contributed by atoms with van der Waals surface area (Å²) in [7, 11) is 0. The average Bonchev–Trinajstić information content (AvgIpc) is 3.08. The Labute approximate surface area is 153 Å². The van der Waals surface area contributed by atoms with E-state index in [1.54, 1.807) is 18.1 Å². The molecule has 0 aliphatic heterocycles. The number of thioether (sulfide) groups is 1. The summed E-state index contributed by atoms with van der Waals surface area (Å²) < 4.78 is 2.94. The molecule has 0 aliphatic carbocycles. The van der Waals surface area contributed by atoms with Crippen molar-refractivity contribution in [2.75, 3.05) is 5.75 Å². The standard InChI is InChI=1S/C18H16BrN3OS/c19-15-10-8-14(9-11-15)17(23)7-4-12-24-18-21-20-13-22(18)16-5-2-1-3-6-16/h1-3,5-6,8-11,13H,4,7,12H2. The smallest absolute Gasteiger partial charge is 0.195 e. The number of Topliss-reactive ketones (excluding diaryl/α,β-unsaturated/α-hetero) is 1. The molecular weight excluding hydrogens is 386 g/mol. The number of para-hydroxylation sites is 1. The molecule has 122 valence electrons. The van der Waals surface area contributed by atoms with Gasteiger partial charge in [0.05, 0.1) is 0 Å². The lowest BCUT2D eigenvalue weighted by atomic mass is 10.1.